The molecule has 0 saturated heterocycles. The minimum atomic E-state index is 0.0338. The van der Waals surface area contributed by atoms with E-state index in [-0.39, 0.29) is 11.7 Å². The van der Waals surface area contributed by atoms with Crippen molar-refractivity contribution < 1.29 is 9.90 Å². The molecule has 3 nitrogen and oxygen atoms in total. The molecule has 2 atom stereocenters. The number of thiophene rings is 1. The van der Waals surface area contributed by atoms with Crippen LogP contribution in [0.15, 0.2) is 24.3 Å². The second-order valence-electron chi connectivity index (χ2n) is 7.34. The molecule has 1 aromatic heterocycles. The molecule has 1 saturated carbocycles. The molecule has 1 heterocycles. The molecule has 2 aliphatic carbocycles. The monoisotopic (exact) mass is 327 g/mol. The van der Waals surface area contributed by atoms with Crippen molar-refractivity contribution in [1.29, 1.82) is 0 Å². The lowest BCUT2D eigenvalue weighted by atomic mass is 9.95. The van der Waals surface area contributed by atoms with E-state index < -0.39 is 0 Å². The predicted octanol–water partition coefficient (Wildman–Crippen LogP) is 3.99. The van der Waals surface area contributed by atoms with E-state index in [4.69, 9.17) is 0 Å². The smallest absolute Gasteiger partial charge is 0.261 e. The third kappa shape index (κ3) is 2.19. The maximum absolute atomic E-state index is 12.6. The van der Waals surface area contributed by atoms with E-state index in [0.29, 0.717) is 17.9 Å². The first kappa shape index (κ1) is 14.8. The summed E-state index contributed by atoms with van der Waals surface area (Å²) in [4.78, 5) is 14.8. The molecule has 1 amide bonds. The lowest BCUT2D eigenvalue weighted by molar-refractivity contribution is 0.0954. The Morgan fingerprint density at radius 2 is 2.04 bits per heavy atom. The molecule has 2 aromatic rings. The molecule has 1 aromatic carbocycles. The van der Waals surface area contributed by atoms with Gasteiger partial charge in [-0.25, -0.2) is 0 Å². The normalized spacial score (nSPS) is 23.3. The van der Waals surface area contributed by atoms with Crippen LogP contribution in [0, 0.1) is 18.3 Å². The number of hydrogen-bond donors (Lipinski definition) is 2. The van der Waals surface area contributed by atoms with Gasteiger partial charge in [0.25, 0.3) is 5.91 Å². The quantitative estimate of drug-likeness (QED) is 0.895. The highest BCUT2D eigenvalue weighted by atomic mass is 32.1. The van der Waals surface area contributed by atoms with E-state index in [0.717, 1.165) is 22.8 Å². The van der Waals surface area contributed by atoms with E-state index in [1.54, 1.807) is 23.5 Å². The first-order valence-corrected chi connectivity index (χ1v) is 8.89. The SMILES string of the molecule is Cc1sc(C(=O)NCc2ccc(O)cc2)c2c1[C@H]1[C@@H](C2)C1(C)C. The van der Waals surface area contributed by atoms with Crippen molar-refractivity contribution in [2.45, 2.75) is 39.7 Å². The number of benzene rings is 1. The van der Waals surface area contributed by atoms with E-state index in [9.17, 15) is 9.90 Å². The number of aryl methyl sites for hydroxylation is 1. The van der Waals surface area contributed by atoms with Crippen molar-refractivity contribution >= 4 is 17.2 Å². The standard InChI is InChI=1S/C19H21NO2S/c1-10-15-13(8-14-16(15)19(14,2)3)17(23-10)18(22)20-9-11-4-6-12(21)7-5-11/h4-7,14,16,21H,8-9H2,1-3H3,(H,20,22)/t14-,16-/m1/s1. The van der Waals surface area contributed by atoms with Crippen LogP contribution in [0.1, 0.15) is 51.0 Å². The number of phenolic OH excluding ortho intramolecular Hbond substituents is 1. The lowest BCUT2D eigenvalue weighted by Gasteiger charge is -2.10. The number of carbonyl (C=O) groups excluding carboxylic acids is 1. The molecule has 0 bridgehead atoms. The predicted molar refractivity (Wildman–Crippen MR) is 92.0 cm³/mol. The summed E-state index contributed by atoms with van der Waals surface area (Å²) in [5.74, 6) is 1.66. The largest absolute Gasteiger partial charge is 0.508 e. The van der Waals surface area contributed by atoms with Gasteiger partial charge in [-0.2, -0.15) is 0 Å². The number of aromatic hydroxyl groups is 1. The maximum Gasteiger partial charge on any atom is 0.261 e. The third-order valence-electron chi connectivity index (χ3n) is 5.61. The van der Waals surface area contributed by atoms with Gasteiger partial charge in [-0.1, -0.05) is 26.0 Å². The Bertz CT molecular complexity index is 788. The summed E-state index contributed by atoms with van der Waals surface area (Å²) >= 11 is 1.64. The van der Waals surface area contributed by atoms with Gasteiger partial charge in [0, 0.05) is 11.4 Å². The Kier molecular flexibility index (Phi) is 3.11. The van der Waals surface area contributed by atoms with Crippen molar-refractivity contribution in [2.75, 3.05) is 0 Å². The Morgan fingerprint density at radius 1 is 1.35 bits per heavy atom. The molecule has 0 unspecified atom stereocenters. The van der Waals surface area contributed by atoms with Gasteiger partial charge >= 0.3 is 0 Å². The fourth-order valence-corrected chi connectivity index (χ4v) is 5.34. The van der Waals surface area contributed by atoms with E-state index in [1.165, 1.54) is 16.0 Å². The van der Waals surface area contributed by atoms with Crippen LogP contribution in [0.5, 0.6) is 5.75 Å². The second-order valence-corrected chi connectivity index (χ2v) is 8.56. The summed E-state index contributed by atoms with van der Waals surface area (Å²) in [5, 5.41) is 12.3. The first-order chi connectivity index (χ1) is 10.9. The van der Waals surface area contributed by atoms with Crippen molar-refractivity contribution in [3.63, 3.8) is 0 Å². The Balaban J connectivity index is 1.51. The van der Waals surface area contributed by atoms with Crippen LogP contribution in [0.25, 0.3) is 0 Å². The van der Waals surface area contributed by atoms with Crippen molar-refractivity contribution in [2.24, 2.45) is 11.3 Å². The Morgan fingerprint density at radius 3 is 2.74 bits per heavy atom. The Hall–Kier alpha value is -1.81. The highest BCUT2D eigenvalue weighted by Gasteiger charge is 2.63. The van der Waals surface area contributed by atoms with Crippen LogP contribution in [-0.2, 0) is 13.0 Å². The summed E-state index contributed by atoms with van der Waals surface area (Å²) in [6.45, 7) is 7.32. The number of nitrogens with one attached hydrogen (secondary N) is 1. The molecule has 2 aliphatic rings. The first-order valence-electron chi connectivity index (χ1n) is 8.08. The minimum absolute atomic E-state index is 0.0338. The molecule has 1 fully saturated rings. The topological polar surface area (TPSA) is 49.3 Å². The molecule has 0 aliphatic heterocycles. The van der Waals surface area contributed by atoms with Crippen LogP contribution >= 0.6 is 11.3 Å². The van der Waals surface area contributed by atoms with Crippen molar-refractivity contribution in [3.05, 3.63) is 50.7 Å². The summed E-state index contributed by atoms with van der Waals surface area (Å²) in [7, 11) is 0. The fourth-order valence-electron chi connectivity index (χ4n) is 4.19. The van der Waals surface area contributed by atoms with Gasteiger partial charge in [0.2, 0.25) is 0 Å². The van der Waals surface area contributed by atoms with Gasteiger partial charge in [0.15, 0.2) is 0 Å². The van der Waals surface area contributed by atoms with Gasteiger partial charge in [0.05, 0.1) is 4.88 Å². The van der Waals surface area contributed by atoms with Gasteiger partial charge < -0.3 is 10.4 Å². The molecule has 2 N–H and O–H groups in total. The zero-order valence-electron chi connectivity index (χ0n) is 13.6. The maximum atomic E-state index is 12.6. The summed E-state index contributed by atoms with van der Waals surface area (Å²) in [6.07, 6.45) is 1.05. The molecule has 0 spiro atoms. The van der Waals surface area contributed by atoms with Crippen LogP contribution in [0.3, 0.4) is 0 Å². The van der Waals surface area contributed by atoms with Crippen LogP contribution in [0.4, 0.5) is 0 Å². The summed E-state index contributed by atoms with van der Waals surface area (Å²) in [5.41, 5.74) is 4.16. The number of rotatable bonds is 3. The Labute approximate surface area is 140 Å². The van der Waals surface area contributed by atoms with Crippen LogP contribution in [-0.4, -0.2) is 11.0 Å². The molecule has 120 valence electrons. The summed E-state index contributed by atoms with van der Waals surface area (Å²) < 4.78 is 0. The number of phenols is 1. The van der Waals surface area contributed by atoms with Gasteiger partial charge in [-0.15, -0.1) is 11.3 Å². The lowest BCUT2D eigenvalue weighted by Crippen LogP contribution is -2.23. The number of amides is 1. The zero-order chi connectivity index (χ0) is 16.4. The molecule has 4 heteroatoms. The summed E-state index contributed by atoms with van der Waals surface area (Å²) in [6, 6.07) is 6.95. The average molecular weight is 327 g/mol. The number of fused-ring (bicyclic) bond motifs is 3. The van der Waals surface area contributed by atoms with Crippen LogP contribution < -0.4 is 5.32 Å². The second kappa shape index (κ2) is 4.84. The average Bonchev–Trinajstić information content (AvgIpc) is 2.85. The highest BCUT2D eigenvalue weighted by Crippen LogP contribution is 2.71. The van der Waals surface area contributed by atoms with Gasteiger partial charge in [-0.05, 0) is 59.4 Å². The van der Waals surface area contributed by atoms with E-state index in [1.807, 2.05) is 12.1 Å². The highest BCUT2D eigenvalue weighted by molar-refractivity contribution is 7.14. The van der Waals surface area contributed by atoms with E-state index >= 15 is 0 Å². The van der Waals surface area contributed by atoms with Crippen LogP contribution in [0.2, 0.25) is 0 Å². The molecule has 0 radical (unpaired) electrons. The van der Waals surface area contributed by atoms with Gasteiger partial charge in [-0.3, -0.25) is 4.79 Å². The molecule has 4 rings (SSSR count). The third-order valence-corrected chi connectivity index (χ3v) is 6.78. The van der Waals surface area contributed by atoms with Crippen molar-refractivity contribution in [3.8, 4) is 5.75 Å². The van der Waals surface area contributed by atoms with E-state index in [2.05, 4.69) is 26.1 Å². The molecule has 23 heavy (non-hydrogen) atoms. The van der Waals surface area contributed by atoms with Crippen molar-refractivity contribution in [1.82, 2.24) is 5.32 Å². The number of hydrogen-bond acceptors (Lipinski definition) is 3. The minimum Gasteiger partial charge on any atom is -0.508 e. The zero-order valence-corrected chi connectivity index (χ0v) is 14.5. The molecular weight excluding hydrogens is 306 g/mol. The fraction of sp³-hybridized carbons (Fsp3) is 0.421. The number of carbonyl (C=O) groups is 1. The molecular formula is C19H21NO2S. The van der Waals surface area contributed by atoms with Gasteiger partial charge in [0.1, 0.15) is 5.75 Å².